The third kappa shape index (κ3) is 3.45. The van der Waals surface area contributed by atoms with Crippen molar-refractivity contribution in [3.8, 4) is 17.2 Å². The molecule has 6 nitrogen and oxygen atoms in total. The van der Waals surface area contributed by atoms with Crippen LogP contribution in [0.2, 0.25) is 0 Å². The number of rotatable bonds is 5. The van der Waals surface area contributed by atoms with Crippen LogP contribution in [0.25, 0.3) is 11.5 Å². The van der Waals surface area contributed by atoms with E-state index in [1.807, 2.05) is 52.8 Å². The number of oxazole rings is 1. The Labute approximate surface area is 148 Å². The molecular weight excluding hydrogens is 321 g/mol. The molecule has 0 bridgehead atoms. The Bertz CT molecular complexity index is 740. The molecule has 1 aromatic heterocycles. The lowest BCUT2D eigenvalue weighted by Crippen LogP contribution is -2.41. The fourth-order valence-electron chi connectivity index (χ4n) is 2.57. The van der Waals surface area contributed by atoms with Crippen LogP contribution in [0, 0.1) is 6.92 Å². The van der Waals surface area contributed by atoms with Crippen LogP contribution in [0.15, 0.2) is 28.8 Å². The van der Waals surface area contributed by atoms with Gasteiger partial charge >= 0.3 is 7.12 Å². The Morgan fingerprint density at radius 1 is 1.12 bits per heavy atom. The lowest BCUT2D eigenvalue weighted by Gasteiger charge is -2.32. The van der Waals surface area contributed by atoms with Gasteiger partial charge in [0.05, 0.1) is 17.4 Å². The smallest absolute Gasteiger partial charge is 0.468 e. The normalized spacial score (nSPS) is 18.6. The largest absolute Gasteiger partial charge is 0.498 e. The molecule has 25 heavy (non-hydrogen) atoms. The first-order valence-corrected chi connectivity index (χ1v) is 8.27. The van der Waals surface area contributed by atoms with Crippen molar-refractivity contribution < 1.29 is 23.2 Å². The number of nitrogens with zero attached hydrogens (tertiary/aromatic N) is 1. The highest BCUT2D eigenvalue weighted by molar-refractivity contribution is 6.63. The monoisotopic (exact) mass is 345 g/mol. The molecule has 3 rings (SSSR count). The number of ether oxygens (including phenoxy) is 2. The highest BCUT2D eigenvalue weighted by Crippen LogP contribution is 2.37. The minimum atomic E-state index is -0.516. The molecule has 1 aliphatic rings. The van der Waals surface area contributed by atoms with Crippen LogP contribution in [0.4, 0.5) is 0 Å². The molecular formula is C18H24BNO5. The van der Waals surface area contributed by atoms with E-state index in [4.69, 9.17) is 23.2 Å². The maximum atomic E-state index is 6.14. The van der Waals surface area contributed by atoms with E-state index in [0.29, 0.717) is 11.6 Å². The summed E-state index contributed by atoms with van der Waals surface area (Å²) in [5, 5.41) is 0. The summed E-state index contributed by atoms with van der Waals surface area (Å²) in [7, 11) is 1.06. The summed E-state index contributed by atoms with van der Waals surface area (Å²) in [5.74, 6) is 1.92. The van der Waals surface area contributed by atoms with Gasteiger partial charge in [-0.3, -0.25) is 0 Å². The fourth-order valence-corrected chi connectivity index (χ4v) is 2.57. The van der Waals surface area contributed by atoms with Gasteiger partial charge in [0.15, 0.2) is 6.79 Å². The van der Waals surface area contributed by atoms with E-state index >= 15 is 0 Å². The van der Waals surface area contributed by atoms with E-state index in [9.17, 15) is 0 Å². The molecule has 1 fully saturated rings. The van der Waals surface area contributed by atoms with Gasteiger partial charge in [-0.05, 0) is 46.8 Å². The van der Waals surface area contributed by atoms with Crippen molar-refractivity contribution in [1.29, 1.82) is 0 Å². The van der Waals surface area contributed by atoms with Crippen molar-refractivity contribution in [2.75, 3.05) is 13.9 Å². The van der Waals surface area contributed by atoms with E-state index < -0.39 is 18.3 Å². The first-order chi connectivity index (χ1) is 11.7. The molecule has 0 spiro atoms. The van der Waals surface area contributed by atoms with Crippen LogP contribution in [0.3, 0.4) is 0 Å². The first-order valence-electron chi connectivity index (χ1n) is 8.27. The summed E-state index contributed by atoms with van der Waals surface area (Å²) in [6.07, 6.45) is 1.69. The predicted molar refractivity (Wildman–Crippen MR) is 94.9 cm³/mol. The lowest BCUT2D eigenvalue weighted by atomic mass is 9.78. The summed E-state index contributed by atoms with van der Waals surface area (Å²) in [6.45, 7) is 10.1. The van der Waals surface area contributed by atoms with Gasteiger partial charge in [0, 0.05) is 18.1 Å². The minimum absolute atomic E-state index is 0.126. The van der Waals surface area contributed by atoms with E-state index in [-0.39, 0.29) is 6.79 Å². The summed E-state index contributed by atoms with van der Waals surface area (Å²) in [4.78, 5) is 4.26. The van der Waals surface area contributed by atoms with Crippen molar-refractivity contribution in [3.63, 3.8) is 0 Å². The number of aryl methyl sites for hydroxylation is 1. The highest BCUT2D eigenvalue weighted by atomic mass is 16.7. The van der Waals surface area contributed by atoms with E-state index in [1.165, 1.54) is 0 Å². The van der Waals surface area contributed by atoms with Gasteiger partial charge in [-0.25, -0.2) is 4.98 Å². The minimum Gasteiger partial charge on any atom is -0.468 e. The van der Waals surface area contributed by atoms with Crippen LogP contribution in [-0.2, 0) is 14.0 Å². The van der Waals surface area contributed by atoms with Crippen molar-refractivity contribution in [3.05, 3.63) is 30.2 Å². The van der Waals surface area contributed by atoms with Crippen LogP contribution in [0.1, 0.15) is 33.5 Å². The van der Waals surface area contributed by atoms with Gasteiger partial charge in [0.1, 0.15) is 11.5 Å². The number of aromatic nitrogens is 1. The standard InChI is InChI=1S/C18H24BNO5/c1-12-10-20-16(23-12)13-7-8-14(15(9-13)22-11-21-6)19-24-17(2,3)18(4,5)25-19/h7-10H,11H2,1-6H3. The molecule has 7 heteroatoms. The molecule has 1 aliphatic heterocycles. The maximum absolute atomic E-state index is 6.14. The molecule has 0 aliphatic carbocycles. The molecule has 134 valence electrons. The third-order valence-electron chi connectivity index (χ3n) is 4.72. The average Bonchev–Trinajstić information content (AvgIpc) is 3.06. The Morgan fingerprint density at radius 2 is 1.80 bits per heavy atom. The predicted octanol–water partition coefficient (Wildman–Crippen LogP) is 2.93. The van der Waals surface area contributed by atoms with Crippen LogP contribution in [0.5, 0.6) is 5.75 Å². The van der Waals surface area contributed by atoms with Gasteiger partial charge < -0.3 is 23.2 Å². The molecule has 0 amide bonds. The van der Waals surface area contributed by atoms with Gasteiger partial charge in [0.2, 0.25) is 5.89 Å². The third-order valence-corrected chi connectivity index (χ3v) is 4.72. The quantitative estimate of drug-likeness (QED) is 0.613. The second kappa shape index (κ2) is 6.48. The van der Waals surface area contributed by atoms with Crippen molar-refractivity contribution in [2.24, 2.45) is 0 Å². The second-order valence-electron chi connectivity index (χ2n) is 7.17. The molecule has 2 aromatic rings. The van der Waals surface area contributed by atoms with Gasteiger partial charge in [-0.15, -0.1) is 0 Å². The van der Waals surface area contributed by atoms with Crippen molar-refractivity contribution in [2.45, 2.75) is 45.8 Å². The van der Waals surface area contributed by atoms with Gasteiger partial charge in [-0.1, -0.05) is 6.07 Å². The molecule has 1 aromatic carbocycles. The topological polar surface area (TPSA) is 63.0 Å². The van der Waals surface area contributed by atoms with Gasteiger partial charge in [-0.2, -0.15) is 0 Å². The van der Waals surface area contributed by atoms with Crippen LogP contribution >= 0.6 is 0 Å². The summed E-state index contributed by atoms with van der Waals surface area (Å²) >= 11 is 0. The van der Waals surface area contributed by atoms with E-state index in [1.54, 1.807) is 13.3 Å². The maximum Gasteiger partial charge on any atom is 0.498 e. The zero-order valence-corrected chi connectivity index (χ0v) is 15.6. The Morgan fingerprint density at radius 3 is 2.36 bits per heavy atom. The molecule has 0 radical (unpaired) electrons. The SMILES string of the molecule is COCOc1cc(-c2ncc(C)o2)ccc1B1OC(C)(C)C(C)(C)O1. The zero-order chi connectivity index (χ0) is 18.2. The van der Waals surface area contributed by atoms with Crippen LogP contribution < -0.4 is 10.2 Å². The lowest BCUT2D eigenvalue weighted by molar-refractivity contribution is 0.00578. The van der Waals surface area contributed by atoms with Gasteiger partial charge in [0.25, 0.3) is 0 Å². The zero-order valence-electron chi connectivity index (χ0n) is 15.6. The van der Waals surface area contributed by atoms with Crippen molar-refractivity contribution >= 4 is 12.6 Å². The molecule has 2 heterocycles. The number of benzene rings is 1. The molecule has 1 saturated heterocycles. The fraction of sp³-hybridized carbons (Fsp3) is 0.500. The molecule has 0 saturated carbocycles. The Hall–Kier alpha value is -1.83. The Kier molecular flexibility index (Phi) is 4.66. The summed E-state index contributed by atoms with van der Waals surface area (Å²) < 4.78 is 28.7. The molecule has 0 N–H and O–H groups in total. The first kappa shape index (κ1) is 18.0. The highest BCUT2D eigenvalue weighted by Gasteiger charge is 2.52. The van der Waals surface area contributed by atoms with Crippen molar-refractivity contribution in [1.82, 2.24) is 4.98 Å². The number of hydrogen-bond acceptors (Lipinski definition) is 6. The molecule has 0 atom stereocenters. The summed E-state index contributed by atoms with van der Waals surface area (Å²) in [6, 6.07) is 5.71. The number of hydrogen-bond donors (Lipinski definition) is 0. The molecule has 0 unspecified atom stereocenters. The van der Waals surface area contributed by atoms with E-state index in [0.717, 1.165) is 16.8 Å². The van der Waals surface area contributed by atoms with E-state index in [2.05, 4.69) is 4.98 Å². The Balaban J connectivity index is 1.96. The average molecular weight is 345 g/mol. The second-order valence-corrected chi connectivity index (χ2v) is 7.17. The number of methoxy groups -OCH3 is 1. The van der Waals surface area contributed by atoms with Crippen LogP contribution in [-0.4, -0.2) is 37.2 Å². The summed E-state index contributed by atoms with van der Waals surface area (Å²) in [5.41, 5.74) is 0.783.